The molecule has 2 atom stereocenters. The SMILES string of the molecule is CCC1(CC)NC(=O)C(C)N(CCC(C)SC)C1=O. The van der Waals surface area contributed by atoms with Crippen LogP contribution in [0.1, 0.15) is 47.0 Å². The second-order valence-electron chi connectivity index (χ2n) is 5.29. The van der Waals surface area contributed by atoms with Crippen molar-refractivity contribution in [3.05, 3.63) is 0 Å². The van der Waals surface area contributed by atoms with Gasteiger partial charge in [-0.2, -0.15) is 11.8 Å². The Bertz CT molecular complexity index is 342. The minimum Gasteiger partial charge on any atom is -0.340 e. The third-order valence-electron chi connectivity index (χ3n) is 4.27. The van der Waals surface area contributed by atoms with Crippen molar-refractivity contribution in [2.45, 2.75) is 63.8 Å². The number of thioether (sulfide) groups is 1. The van der Waals surface area contributed by atoms with Gasteiger partial charge in [0.2, 0.25) is 11.8 Å². The second kappa shape index (κ2) is 6.64. The predicted octanol–water partition coefficient (Wildman–Crippen LogP) is 2.03. The van der Waals surface area contributed by atoms with Gasteiger partial charge < -0.3 is 10.2 Å². The van der Waals surface area contributed by atoms with E-state index in [1.807, 2.05) is 20.8 Å². The van der Waals surface area contributed by atoms with E-state index >= 15 is 0 Å². The molecular weight excluding hydrogens is 260 g/mol. The molecule has 2 amide bonds. The summed E-state index contributed by atoms with van der Waals surface area (Å²) >= 11 is 1.79. The number of nitrogens with zero attached hydrogens (tertiary/aromatic N) is 1. The van der Waals surface area contributed by atoms with Gasteiger partial charge in [-0.25, -0.2) is 0 Å². The smallest absolute Gasteiger partial charge is 0.248 e. The minimum absolute atomic E-state index is 0.0277. The third kappa shape index (κ3) is 3.25. The molecule has 1 N–H and O–H groups in total. The van der Waals surface area contributed by atoms with Gasteiger partial charge in [0.1, 0.15) is 11.6 Å². The number of rotatable bonds is 6. The summed E-state index contributed by atoms with van der Waals surface area (Å²) in [5.74, 6) is 0.0537. The molecule has 0 radical (unpaired) electrons. The fourth-order valence-corrected chi connectivity index (χ4v) is 2.79. The molecule has 1 saturated heterocycles. The zero-order valence-corrected chi connectivity index (χ0v) is 13.5. The Morgan fingerprint density at radius 2 is 1.95 bits per heavy atom. The summed E-state index contributed by atoms with van der Waals surface area (Å²) in [4.78, 5) is 26.5. The predicted molar refractivity (Wildman–Crippen MR) is 80.2 cm³/mol. The molecule has 0 aromatic carbocycles. The van der Waals surface area contributed by atoms with Crippen LogP contribution in [0.2, 0.25) is 0 Å². The molecule has 1 aliphatic heterocycles. The van der Waals surface area contributed by atoms with Gasteiger partial charge in [0.25, 0.3) is 0 Å². The lowest BCUT2D eigenvalue weighted by atomic mass is 9.87. The van der Waals surface area contributed by atoms with E-state index in [4.69, 9.17) is 0 Å². The number of amides is 2. The van der Waals surface area contributed by atoms with E-state index < -0.39 is 5.54 Å². The number of piperazine rings is 1. The first-order valence-corrected chi connectivity index (χ1v) is 8.36. The highest BCUT2D eigenvalue weighted by Gasteiger charge is 2.47. The number of nitrogens with one attached hydrogen (secondary N) is 1. The normalized spacial score (nSPS) is 24.3. The summed E-state index contributed by atoms with van der Waals surface area (Å²) in [5.41, 5.74) is -0.688. The first-order chi connectivity index (χ1) is 8.91. The highest BCUT2D eigenvalue weighted by Crippen LogP contribution is 2.25. The summed E-state index contributed by atoms with van der Waals surface area (Å²) in [5, 5.41) is 3.43. The average Bonchev–Trinajstić information content (AvgIpc) is 2.42. The topological polar surface area (TPSA) is 49.4 Å². The van der Waals surface area contributed by atoms with E-state index in [1.165, 1.54) is 0 Å². The van der Waals surface area contributed by atoms with Crippen LogP contribution in [0.3, 0.4) is 0 Å². The first-order valence-electron chi connectivity index (χ1n) is 7.07. The molecule has 1 fully saturated rings. The van der Waals surface area contributed by atoms with Crippen LogP contribution < -0.4 is 5.32 Å². The van der Waals surface area contributed by atoms with Gasteiger partial charge >= 0.3 is 0 Å². The largest absolute Gasteiger partial charge is 0.340 e. The van der Waals surface area contributed by atoms with Crippen LogP contribution in [0.25, 0.3) is 0 Å². The summed E-state index contributed by atoms with van der Waals surface area (Å²) < 4.78 is 0. The van der Waals surface area contributed by atoms with Crippen LogP contribution in [-0.4, -0.2) is 46.3 Å². The number of hydrogen-bond acceptors (Lipinski definition) is 3. The Kier molecular flexibility index (Phi) is 5.71. The molecule has 110 valence electrons. The monoisotopic (exact) mass is 286 g/mol. The van der Waals surface area contributed by atoms with E-state index in [1.54, 1.807) is 16.7 Å². The Morgan fingerprint density at radius 1 is 1.37 bits per heavy atom. The van der Waals surface area contributed by atoms with E-state index in [0.717, 1.165) is 6.42 Å². The van der Waals surface area contributed by atoms with Crippen molar-refractivity contribution in [2.75, 3.05) is 12.8 Å². The Labute approximate surface area is 120 Å². The van der Waals surface area contributed by atoms with Crippen LogP contribution in [-0.2, 0) is 9.59 Å². The zero-order valence-electron chi connectivity index (χ0n) is 12.7. The fraction of sp³-hybridized carbons (Fsp3) is 0.857. The molecule has 0 bridgehead atoms. The van der Waals surface area contributed by atoms with Crippen molar-refractivity contribution < 1.29 is 9.59 Å². The van der Waals surface area contributed by atoms with Gasteiger partial charge in [0, 0.05) is 11.8 Å². The first kappa shape index (κ1) is 16.3. The van der Waals surface area contributed by atoms with Crippen molar-refractivity contribution in [2.24, 2.45) is 0 Å². The molecule has 0 saturated carbocycles. The van der Waals surface area contributed by atoms with Crippen molar-refractivity contribution in [1.29, 1.82) is 0 Å². The molecule has 5 heteroatoms. The van der Waals surface area contributed by atoms with E-state index in [9.17, 15) is 9.59 Å². The lowest BCUT2D eigenvalue weighted by Crippen LogP contribution is -2.69. The Hall–Kier alpha value is -0.710. The summed E-state index contributed by atoms with van der Waals surface area (Å²) in [7, 11) is 0. The standard InChI is InChI=1S/C14H26N2O2S/c1-6-14(7-2)13(18)16(9-8-10(3)19-5)11(4)12(17)15-14/h10-11H,6-9H2,1-5H3,(H,15,17). The van der Waals surface area contributed by atoms with E-state index in [-0.39, 0.29) is 17.9 Å². The maximum atomic E-state index is 12.7. The van der Waals surface area contributed by atoms with Crippen molar-refractivity contribution >= 4 is 23.6 Å². The fourth-order valence-electron chi connectivity index (χ4n) is 2.45. The quantitative estimate of drug-likeness (QED) is 0.813. The van der Waals surface area contributed by atoms with Crippen molar-refractivity contribution in [1.82, 2.24) is 10.2 Å². The van der Waals surface area contributed by atoms with Crippen molar-refractivity contribution in [3.63, 3.8) is 0 Å². The number of carbonyl (C=O) groups is 2. The molecule has 0 spiro atoms. The highest BCUT2D eigenvalue weighted by atomic mass is 32.2. The van der Waals surface area contributed by atoms with Gasteiger partial charge in [0.05, 0.1) is 0 Å². The molecule has 2 unspecified atom stereocenters. The van der Waals surface area contributed by atoms with E-state index in [0.29, 0.717) is 24.6 Å². The molecule has 0 aromatic rings. The van der Waals surface area contributed by atoms with Crippen LogP contribution in [0.15, 0.2) is 0 Å². The van der Waals surface area contributed by atoms with Crippen LogP contribution in [0.5, 0.6) is 0 Å². The molecule has 0 aromatic heterocycles. The van der Waals surface area contributed by atoms with Gasteiger partial charge in [-0.3, -0.25) is 9.59 Å². The number of carbonyl (C=O) groups excluding carboxylic acids is 2. The van der Waals surface area contributed by atoms with Gasteiger partial charge in [-0.15, -0.1) is 0 Å². The summed E-state index contributed by atoms with van der Waals surface area (Å²) in [6.07, 6.45) is 4.29. The molecule has 0 aliphatic carbocycles. The third-order valence-corrected chi connectivity index (χ3v) is 5.31. The summed E-state index contributed by atoms with van der Waals surface area (Å²) in [6.45, 7) is 8.54. The molecular formula is C14H26N2O2S. The Balaban J connectivity index is 2.87. The van der Waals surface area contributed by atoms with Crippen molar-refractivity contribution in [3.8, 4) is 0 Å². The molecule has 1 aliphatic rings. The van der Waals surface area contributed by atoms with Gasteiger partial charge in [0.15, 0.2) is 0 Å². The van der Waals surface area contributed by atoms with Crippen LogP contribution >= 0.6 is 11.8 Å². The minimum atomic E-state index is -0.688. The molecule has 1 heterocycles. The van der Waals surface area contributed by atoms with E-state index in [2.05, 4.69) is 18.5 Å². The molecule has 19 heavy (non-hydrogen) atoms. The molecule has 4 nitrogen and oxygen atoms in total. The van der Waals surface area contributed by atoms with Gasteiger partial charge in [-0.05, 0) is 32.4 Å². The molecule has 1 rings (SSSR count). The maximum absolute atomic E-state index is 12.7. The lowest BCUT2D eigenvalue weighted by molar-refractivity contribution is -0.154. The highest BCUT2D eigenvalue weighted by molar-refractivity contribution is 7.99. The second-order valence-corrected chi connectivity index (χ2v) is 6.56. The van der Waals surface area contributed by atoms with Crippen LogP contribution in [0.4, 0.5) is 0 Å². The Morgan fingerprint density at radius 3 is 2.42 bits per heavy atom. The zero-order chi connectivity index (χ0) is 14.6. The van der Waals surface area contributed by atoms with Crippen LogP contribution in [0, 0.1) is 0 Å². The average molecular weight is 286 g/mol. The summed E-state index contributed by atoms with van der Waals surface area (Å²) in [6, 6.07) is -0.354. The van der Waals surface area contributed by atoms with Gasteiger partial charge in [-0.1, -0.05) is 20.8 Å². The lowest BCUT2D eigenvalue weighted by Gasteiger charge is -2.44. The maximum Gasteiger partial charge on any atom is 0.248 e. The number of hydrogen-bond donors (Lipinski definition) is 1.